The van der Waals surface area contributed by atoms with Gasteiger partial charge in [0.05, 0.1) is 6.54 Å². The van der Waals surface area contributed by atoms with Gasteiger partial charge in [-0.3, -0.25) is 4.79 Å². The predicted octanol–water partition coefficient (Wildman–Crippen LogP) is 2.04. The van der Waals surface area contributed by atoms with Gasteiger partial charge in [-0.2, -0.15) is 0 Å². The van der Waals surface area contributed by atoms with E-state index in [4.69, 9.17) is 0 Å². The SMILES string of the molecule is CCN(CC(=O)NC(C)C)c1c(F)cc(CNC)cc1F. The smallest absolute Gasteiger partial charge is 0.239 e. The Kier molecular flexibility index (Phi) is 6.55. The zero-order valence-corrected chi connectivity index (χ0v) is 13.0. The number of hydrogen-bond donors (Lipinski definition) is 2. The first-order valence-electron chi connectivity index (χ1n) is 7.05. The van der Waals surface area contributed by atoms with Crippen molar-refractivity contribution in [2.24, 2.45) is 0 Å². The van der Waals surface area contributed by atoms with Gasteiger partial charge in [-0.1, -0.05) is 0 Å². The van der Waals surface area contributed by atoms with E-state index in [1.165, 1.54) is 17.0 Å². The van der Waals surface area contributed by atoms with Crippen molar-refractivity contribution >= 4 is 11.6 Å². The zero-order valence-electron chi connectivity index (χ0n) is 13.0. The number of nitrogens with one attached hydrogen (secondary N) is 2. The fraction of sp³-hybridized carbons (Fsp3) is 0.533. The Balaban J connectivity index is 2.97. The van der Waals surface area contributed by atoms with Crippen molar-refractivity contribution in [2.75, 3.05) is 25.0 Å². The van der Waals surface area contributed by atoms with Gasteiger partial charge in [0.1, 0.15) is 17.3 Å². The fourth-order valence-electron chi connectivity index (χ4n) is 2.12. The topological polar surface area (TPSA) is 44.4 Å². The second-order valence-corrected chi connectivity index (χ2v) is 5.17. The molecule has 2 N–H and O–H groups in total. The van der Waals surface area contributed by atoms with Gasteiger partial charge in [0.15, 0.2) is 0 Å². The number of hydrogen-bond acceptors (Lipinski definition) is 3. The third kappa shape index (κ3) is 4.97. The van der Waals surface area contributed by atoms with Crippen LogP contribution < -0.4 is 15.5 Å². The molecule has 0 radical (unpaired) electrons. The summed E-state index contributed by atoms with van der Waals surface area (Å²) in [5, 5.41) is 5.56. The highest BCUT2D eigenvalue weighted by Crippen LogP contribution is 2.25. The number of rotatable bonds is 7. The zero-order chi connectivity index (χ0) is 16.0. The quantitative estimate of drug-likeness (QED) is 0.810. The summed E-state index contributed by atoms with van der Waals surface area (Å²) in [6, 6.07) is 2.57. The van der Waals surface area contributed by atoms with E-state index in [9.17, 15) is 13.6 Å². The lowest BCUT2D eigenvalue weighted by molar-refractivity contribution is -0.120. The summed E-state index contributed by atoms with van der Waals surface area (Å²) in [6.07, 6.45) is 0. The molecule has 0 aliphatic carbocycles. The van der Waals surface area contributed by atoms with Crippen molar-refractivity contribution in [3.8, 4) is 0 Å². The molecule has 0 heterocycles. The van der Waals surface area contributed by atoms with Crippen LogP contribution in [0.25, 0.3) is 0 Å². The lowest BCUT2D eigenvalue weighted by Crippen LogP contribution is -2.40. The number of carbonyl (C=O) groups excluding carboxylic acids is 1. The van der Waals surface area contributed by atoms with Crippen molar-refractivity contribution < 1.29 is 13.6 Å². The molecule has 1 aromatic rings. The van der Waals surface area contributed by atoms with Crippen molar-refractivity contribution in [3.05, 3.63) is 29.3 Å². The lowest BCUT2D eigenvalue weighted by Gasteiger charge is -2.24. The molecule has 0 saturated carbocycles. The average molecular weight is 299 g/mol. The highest BCUT2D eigenvalue weighted by Gasteiger charge is 2.19. The molecule has 21 heavy (non-hydrogen) atoms. The molecular weight excluding hydrogens is 276 g/mol. The number of benzene rings is 1. The summed E-state index contributed by atoms with van der Waals surface area (Å²) < 4.78 is 28.3. The Labute approximate surface area is 124 Å². The molecule has 0 aliphatic heterocycles. The molecule has 6 heteroatoms. The Morgan fingerprint density at radius 3 is 2.29 bits per heavy atom. The molecule has 0 unspecified atom stereocenters. The number of halogens is 2. The average Bonchev–Trinajstić information content (AvgIpc) is 2.36. The van der Waals surface area contributed by atoms with E-state index in [-0.39, 0.29) is 24.2 Å². The lowest BCUT2D eigenvalue weighted by atomic mass is 10.1. The van der Waals surface area contributed by atoms with Crippen LogP contribution in [0.2, 0.25) is 0 Å². The van der Waals surface area contributed by atoms with E-state index in [2.05, 4.69) is 10.6 Å². The second-order valence-electron chi connectivity index (χ2n) is 5.17. The summed E-state index contributed by atoms with van der Waals surface area (Å²) in [7, 11) is 1.71. The van der Waals surface area contributed by atoms with Crippen LogP contribution in [0.3, 0.4) is 0 Å². The van der Waals surface area contributed by atoms with Crippen LogP contribution in [0.4, 0.5) is 14.5 Å². The molecule has 0 atom stereocenters. The molecule has 1 rings (SSSR count). The summed E-state index contributed by atoms with van der Waals surface area (Å²) in [6.45, 7) is 6.07. The van der Waals surface area contributed by atoms with Crippen molar-refractivity contribution in [2.45, 2.75) is 33.4 Å². The van der Waals surface area contributed by atoms with E-state index in [0.717, 1.165) is 0 Å². The van der Waals surface area contributed by atoms with Crippen LogP contribution in [0.5, 0.6) is 0 Å². The number of nitrogens with zero attached hydrogens (tertiary/aromatic N) is 1. The first-order chi connectivity index (χ1) is 9.88. The molecule has 1 aromatic carbocycles. The van der Waals surface area contributed by atoms with E-state index >= 15 is 0 Å². The predicted molar refractivity (Wildman–Crippen MR) is 80.3 cm³/mol. The Bertz CT molecular complexity index is 469. The van der Waals surface area contributed by atoms with Crippen LogP contribution in [-0.2, 0) is 11.3 Å². The molecule has 4 nitrogen and oxygen atoms in total. The molecule has 0 aromatic heterocycles. The molecule has 0 fully saturated rings. The highest BCUT2D eigenvalue weighted by atomic mass is 19.1. The molecule has 0 aliphatic rings. The van der Waals surface area contributed by atoms with Crippen LogP contribution in [0, 0.1) is 11.6 Å². The minimum absolute atomic E-state index is 0.0103. The van der Waals surface area contributed by atoms with Gasteiger partial charge in [-0.05, 0) is 45.5 Å². The van der Waals surface area contributed by atoms with Gasteiger partial charge in [-0.15, -0.1) is 0 Å². The Morgan fingerprint density at radius 2 is 1.86 bits per heavy atom. The molecule has 0 saturated heterocycles. The van der Waals surface area contributed by atoms with Crippen molar-refractivity contribution in [3.63, 3.8) is 0 Å². The molecule has 0 spiro atoms. The number of amides is 1. The van der Waals surface area contributed by atoms with Crippen LogP contribution >= 0.6 is 0 Å². The van der Waals surface area contributed by atoms with Crippen LogP contribution in [-0.4, -0.2) is 32.1 Å². The highest BCUT2D eigenvalue weighted by molar-refractivity contribution is 5.81. The van der Waals surface area contributed by atoms with Gasteiger partial charge in [0.25, 0.3) is 0 Å². The molecule has 0 bridgehead atoms. The third-order valence-electron chi connectivity index (χ3n) is 2.94. The van der Waals surface area contributed by atoms with Crippen LogP contribution in [0.1, 0.15) is 26.3 Å². The fourth-order valence-corrected chi connectivity index (χ4v) is 2.12. The maximum Gasteiger partial charge on any atom is 0.239 e. The van der Waals surface area contributed by atoms with Crippen molar-refractivity contribution in [1.29, 1.82) is 0 Å². The maximum atomic E-state index is 14.1. The summed E-state index contributed by atoms with van der Waals surface area (Å²) in [4.78, 5) is 13.2. The van der Waals surface area contributed by atoms with Gasteiger partial charge >= 0.3 is 0 Å². The summed E-state index contributed by atoms with van der Waals surface area (Å²) >= 11 is 0. The van der Waals surface area contributed by atoms with Crippen LogP contribution in [0.15, 0.2) is 12.1 Å². The summed E-state index contributed by atoms with van der Waals surface area (Å²) in [5.74, 6) is -1.57. The van der Waals surface area contributed by atoms with Gasteiger partial charge in [0, 0.05) is 19.1 Å². The normalized spacial score (nSPS) is 10.8. The second kappa shape index (κ2) is 7.93. The minimum Gasteiger partial charge on any atom is -0.358 e. The van der Waals surface area contributed by atoms with Crippen molar-refractivity contribution in [1.82, 2.24) is 10.6 Å². The number of anilines is 1. The molecule has 1 amide bonds. The van der Waals surface area contributed by atoms with Gasteiger partial charge in [-0.25, -0.2) is 8.78 Å². The minimum atomic E-state index is -0.653. The van der Waals surface area contributed by atoms with Gasteiger partial charge < -0.3 is 15.5 Å². The molecule has 118 valence electrons. The standard InChI is InChI=1S/C15H23F2N3O/c1-5-20(9-14(21)19-10(2)3)15-12(16)6-11(8-18-4)7-13(15)17/h6-7,10,18H,5,8-9H2,1-4H3,(H,19,21). The molecular formula is C15H23F2N3O. The first-order valence-corrected chi connectivity index (χ1v) is 7.05. The summed E-state index contributed by atoms with van der Waals surface area (Å²) in [5.41, 5.74) is 0.371. The van der Waals surface area contributed by atoms with Gasteiger partial charge in [0.2, 0.25) is 5.91 Å². The monoisotopic (exact) mass is 299 g/mol. The van der Waals surface area contributed by atoms with E-state index in [1.54, 1.807) is 14.0 Å². The maximum absolute atomic E-state index is 14.1. The number of carbonyl (C=O) groups is 1. The van der Waals surface area contributed by atoms with E-state index < -0.39 is 11.6 Å². The van der Waals surface area contributed by atoms with E-state index in [0.29, 0.717) is 18.7 Å². The first kappa shape index (κ1) is 17.4. The third-order valence-corrected chi connectivity index (χ3v) is 2.94. The Morgan fingerprint density at radius 1 is 1.29 bits per heavy atom. The Hall–Kier alpha value is -1.69. The van der Waals surface area contributed by atoms with E-state index in [1.807, 2.05) is 13.8 Å². The largest absolute Gasteiger partial charge is 0.358 e. The number of likely N-dealkylation sites (N-methyl/N-ethyl adjacent to an activating group) is 1.